The molecule has 1 aromatic heterocycles. The van der Waals surface area contributed by atoms with E-state index in [0.29, 0.717) is 12.3 Å². The third-order valence-corrected chi connectivity index (χ3v) is 3.34. The van der Waals surface area contributed by atoms with E-state index in [2.05, 4.69) is 15.6 Å². The number of nitrogens with two attached hydrogens (primary N) is 1. The molecule has 0 aliphatic carbocycles. The van der Waals surface area contributed by atoms with Gasteiger partial charge in [0.05, 0.1) is 12.3 Å². The Kier molecular flexibility index (Phi) is 4.42. The van der Waals surface area contributed by atoms with Crippen LogP contribution < -0.4 is 15.8 Å². The molecule has 7 heteroatoms. The summed E-state index contributed by atoms with van der Waals surface area (Å²) in [6.45, 7) is 2.50. The SMILES string of the molecule is CCOc1ccc(NC(=O)c2nnn(-c3ccccc3)c2N)cc1. The van der Waals surface area contributed by atoms with E-state index in [1.807, 2.05) is 37.3 Å². The lowest BCUT2D eigenvalue weighted by molar-refractivity contribution is 0.102. The number of benzene rings is 2. The molecule has 2 aromatic carbocycles. The molecule has 0 atom stereocenters. The number of nitrogens with zero attached hydrogens (tertiary/aromatic N) is 3. The van der Waals surface area contributed by atoms with Crippen molar-refractivity contribution in [3.05, 3.63) is 60.3 Å². The van der Waals surface area contributed by atoms with Gasteiger partial charge in [-0.15, -0.1) is 5.10 Å². The average Bonchev–Trinajstić information content (AvgIpc) is 2.99. The van der Waals surface area contributed by atoms with Gasteiger partial charge in [-0.3, -0.25) is 4.79 Å². The lowest BCUT2D eigenvalue weighted by Gasteiger charge is -2.06. The van der Waals surface area contributed by atoms with Crippen LogP contribution in [0.1, 0.15) is 17.4 Å². The summed E-state index contributed by atoms with van der Waals surface area (Å²) in [7, 11) is 0. The van der Waals surface area contributed by atoms with E-state index in [-0.39, 0.29) is 11.5 Å². The van der Waals surface area contributed by atoms with Crippen molar-refractivity contribution in [2.45, 2.75) is 6.92 Å². The van der Waals surface area contributed by atoms with Crippen molar-refractivity contribution in [2.24, 2.45) is 0 Å². The van der Waals surface area contributed by atoms with E-state index >= 15 is 0 Å². The highest BCUT2D eigenvalue weighted by molar-refractivity contribution is 6.05. The first-order valence-electron chi connectivity index (χ1n) is 7.50. The molecule has 24 heavy (non-hydrogen) atoms. The lowest BCUT2D eigenvalue weighted by atomic mass is 10.3. The third-order valence-electron chi connectivity index (χ3n) is 3.34. The van der Waals surface area contributed by atoms with Gasteiger partial charge >= 0.3 is 0 Å². The molecule has 1 heterocycles. The summed E-state index contributed by atoms with van der Waals surface area (Å²) in [4.78, 5) is 12.4. The fraction of sp³-hybridized carbons (Fsp3) is 0.118. The number of para-hydroxylation sites is 1. The van der Waals surface area contributed by atoms with E-state index in [9.17, 15) is 4.79 Å². The molecule has 3 aromatic rings. The first kappa shape index (κ1) is 15.5. The standard InChI is InChI=1S/C17H17N5O2/c1-2-24-14-10-8-12(9-11-14)19-17(23)15-16(18)22(21-20-15)13-6-4-3-5-7-13/h3-11H,2,18H2,1H3,(H,19,23). The molecule has 1 amide bonds. The number of hydrogen-bond acceptors (Lipinski definition) is 5. The number of carbonyl (C=O) groups excluding carboxylic acids is 1. The molecule has 0 saturated heterocycles. The van der Waals surface area contributed by atoms with Gasteiger partial charge in [0.15, 0.2) is 11.5 Å². The topological polar surface area (TPSA) is 95.1 Å². The van der Waals surface area contributed by atoms with Gasteiger partial charge in [-0.1, -0.05) is 23.4 Å². The summed E-state index contributed by atoms with van der Waals surface area (Å²) < 4.78 is 6.79. The van der Waals surface area contributed by atoms with Crippen molar-refractivity contribution in [2.75, 3.05) is 17.7 Å². The zero-order valence-corrected chi connectivity index (χ0v) is 13.1. The van der Waals surface area contributed by atoms with Gasteiger partial charge in [-0.25, -0.2) is 0 Å². The minimum Gasteiger partial charge on any atom is -0.494 e. The van der Waals surface area contributed by atoms with Gasteiger partial charge in [-0.05, 0) is 43.3 Å². The van der Waals surface area contributed by atoms with Crippen LogP contribution in [0.2, 0.25) is 0 Å². The Balaban J connectivity index is 1.77. The summed E-state index contributed by atoms with van der Waals surface area (Å²) in [5.41, 5.74) is 7.45. The molecular formula is C17H17N5O2. The zero-order valence-electron chi connectivity index (χ0n) is 13.1. The Hall–Kier alpha value is -3.35. The highest BCUT2D eigenvalue weighted by Gasteiger charge is 2.18. The van der Waals surface area contributed by atoms with Crippen LogP contribution in [-0.2, 0) is 0 Å². The minimum absolute atomic E-state index is 0.0766. The minimum atomic E-state index is -0.418. The number of hydrogen-bond donors (Lipinski definition) is 2. The van der Waals surface area contributed by atoms with Crippen molar-refractivity contribution >= 4 is 17.4 Å². The second-order valence-corrected chi connectivity index (χ2v) is 4.98. The van der Waals surface area contributed by atoms with Crippen LogP contribution in [0, 0.1) is 0 Å². The summed E-state index contributed by atoms with van der Waals surface area (Å²) in [6.07, 6.45) is 0. The fourth-order valence-corrected chi connectivity index (χ4v) is 2.20. The van der Waals surface area contributed by atoms with E-state index < -0.39 is 5.91 Å². The molecule has 0 radical (unpaired) electrons. The molecule has 7 nitrogen and oxygen atoms in total. The zero-order chi connectivity index (χ0) is 16.9. The monoisotopic (exact) mass is 323 g/mol. The number of amides is 1. The second kappa shape index (κ2) is 6.82. The molecule has 3 rings (SSSR count). The predicted octanol–water partition coefficient (Wildman–Crippen LogP) is 2.50. The van der Waals surface area contributed by atoms with Gasteiger partial charge < -0.3 is 15.8 Å². The Labute approximate surface area is 139 Å². The van der Waals surface area contributed by atoms with E-state index in [0.717, 1.165) is 11.4 Å². The average molecular weight is 323 g/mol. The number of rotatable bonds is 5. The van der Waals surface area contributed by atoms with Crippen LogP contribution in [0.4, 0.5) is 11.5 Å². The Morgan fingerprint density at radius 2 is 1.88 bits per heavy atom. The predicted molar refractivity (Wildman–Crippen MR) is 91.3 cm³/mol. The maximum Gasteiger partial charge on any atom is 0.280 e. The fourth-order valence-electron chi connectivity index (χ4n) is 2.20. The van der Waals surface area contributed by atoms with Crippen LogP contribution in [0.15, 0.2) is 54.6 Å². The maximum absolute atomic E-state index is 12.4. The highest BCUT2D eigenvalue weighted by atomic mass is 16.5. The Morgan fingerprint density at radius 3 is 2.54 bits per heavy atom. The summed E-state index contributed by atoms with van der Waals surface area (Å²) in [5.74, 6) is 0.508. The smallest absolute Gasteiger partial charge is 0.280 e. The van der Waals surface area contributed by atoms with Gasteiger partial charge in [-0.2, -0.15) is 4.68 Å². The molecule has 0 saturated carbocycles. The molecule has 0 unspecified atom stereocenters. The van der Waals surface area contributed by atoms with Crippen molar-refractivity contribution < 1.29 is 9.53 Å². The molecule has 0 bridgehead atoms. The summed E-state index contributed by atoms with van der Waals surface area (Å²) in [5, 5.41) is 10.6. The van der Waals surface area contributed by atoms with E-state index in [1.54, 1.807) is 24.3 Å². The third kappa shape index (κ3) is 3.19. The molecule has 3 N–H and O–H groups in total. The van der Waals surface area contributed by atoms with Gasteiger partial charge in [0.2, 0.25) is 0 Å². The van der Waals surface area contributed by atoms with Crippen LogP contribution >= 0.6 is 0 Å². The van der Waals surface area contributed by atoms with Crippen LogP contribution in [0.3, 0.4) is 0 Å². The first-order chi connectivity index (χ1) is 11.7. The van der Waals surface area contributed by atoms with Gasteiger partial charge in [0.1, 0.15) is 5.75 Å². The largest absolute Gasteiger partial charge is 0.494 e. The number of anilines is 2. The molecule has 0 aliphatic rings. The van der Waals surface area contributed by atoms with E-state index in [1.165, 1.54) is 4.68 Å². The molecule has 0 fully saturated rings. The normalized spacial score (nSPS) is 10.4. The number of carbonyl (C=O) groups is 1. The Bertz CT molecular complexity index is 828. The van der Waals surface area contributed by atoms with E-state index in [4.69, 9.17) is 10.5 Å². The summed E-state index contributed by atoms with van der Waals surface area (Å²) in [6, 6.07) is 16.3. The highest BCUT2D eigenvalue weighted by Crippen LogP contribution is 2.18. The van der Waals surface area contributed by atoms with Crippen molar-refractivity contribution in [3.8, 4) is 11.4 Å². The first-order valence-corrected chi connectivity index (χ1v) is 7.50. The van der Waals surface area contributed by atoms with Crippen molar-refractivity contribution in [1.82, 2.24) is 15.0 Å². The van der Waals surface area contributed by atoms with Crippen LogP contribution in [-0.4, -0.2) is 27.5 Å². The summed E-state index contributed by atoms with van der Waals surface area (Å²) >= 11 is 0. The second-order valence-electron chi connectivity index (χ2n) is 4.98. The number of nitrogens with one attached hydrogen (secondary N) is 1. The van der Waals surface area contributed by atoms with Crippen LogP contribution in [0.25, 0.3) is 5.69 Å². The number of nitrogen functional groups attached to an aromatic ring is 1. The molecular weight excluding hydrogens is 306 g/mol. The maximum atomic E-state index is 12.4. The van der Waals surface area contributed by atoms with Gasteiger partial charge in [0.25, 0.3) is 5.91 Å². The number of ether oxygens (including phenoxy) is 1. The molecule has 0 aliphatic heterocycles. The molecule has 0 spiro atoms. The van der Waals surface area contributed by atoms with Crippen LogP contribution in [0.5, 0.6) is 5.75 Å². The Morgan fingerprint density at radius 1 is 1.17 bits per heavy atom. The van der Waals surface area contributed by atoms with Crippen molar-refractivity contribution in [3.63, 3.8) is 0 Å². The lowest BCUT2D eigenvalue weighted by Crippen LogP contribution is -2.15. The molecule has 122 valence electrons. The quantitative estimate of drug-likeness (QED) is 0.752. The van der Waals surface area contributed by atoms with Gasteiger partial charge in [0, 0.05) is 5.69 Å². The van der Waals surface area contributed by atoms with Crippen molar-refractivity contribution in [1.29, 1.82) is 0 Å². The number of aromatic nitrogens is 3.